The van der Waals surface area contributed by atoms with Gasteiger partial charge < -0.3 is 9.84 Å². The van der Waals surface area contributed by atoms with Crippen molar-refractivity contribution in [1.82, 2.24) is 0 Å². The lowest BCUT2D eigenvalue weighted by Gasteiger charge is -2.34. The van der Waals surface area contributed by atoms with E-state index in [0.717, 1.165) is 17.5 Å². The van der Waals surface area contributed by atoms with Crippen LogP contribution in [0.25, 0.3) is 0 Å². The predicted octanol–water partition coefficient (Wildman–Crippen LogP) is 3.54. The average Bonchev–Trinajstić information content (AvgIpc) is 2.28. The minimum absolute atomic E-state index is 0.505. The van der Waals surface area contributed by atoms with E-state index in [1.54, 1.807) is 0 Å². The van der Waals surface area contributed by atoms with Crippen molar-refractivity contribution in [3.05, 3.63) is 34.9 Å². The van der Waals surface area contributed by atoms with E-state index < -0.39 is 11.7 Å². The summed E-state index contributed by atoms with van der Waals surface area (Å²) in [6, 6.07) is 6.14. The summed E-state index contributed by atoms with van der Waals surface area (Å²) in [7, 11) is 0. The van der Waals surface area contributed by atoms with Gasteiger partial charge in [-0.05, 0) is 45.2 Å². The maximum atomic E-state index is 10.5. The molecule has 0 aliphatic carbocycles. The van der Waals surface area contributed by atoms with Crippen molar-refractivity contribution in [3.63, 3.8) is 0 Å². The third-order valence-corrected chi connectivity index (χ3v) is 3.47. The van der Waals surface area contributed by atoms with E-state index in [1.807, 2.05) is 39.8 Å². The van der Waals surface area contributed by atoms with Crippen molar-refractivity contribution in [2.24, 2.45) is 0 Å². The lowest BCUT2D eigenvalue weighted by Crippen LogP contribution is -2.36. The molecule has 96 valence electrons. The smallest absolute Gasteiger partial charge is 0.108 e. The highest BCUT2D eigenvalue weighted by atomic mass is 16.5. The van der Waals surface area contributed by atoms with E-state index in [0.29, 0.717) is 6.61 Å². The second-order valence-electron chi connectivity index (χ2n) is 4.86. The molecule has 2 atom stereocenters. The maximum absolute atomic E-state index is 10.5. The first-order chi connectivity index (χ1) is 7.94. The monoisotopic (exact) mass is 236 g/mol. The fraction of sp³-hybridized carbons (Fsp3) is 0.600. The number of aryl methyl sites for hydroxylation is 2. The van der Waals surface area contributed by atoms with Crippen LogP contribution in [-0.4, -0.2) is 17.3 Å². The van der Waals surface area contributed by atoms with Gasteiger partial charge >= 0.3 is 0 Å². The van der Waals surface area contributed by atoms with Crippen molar-refractivity contribution in [2.75, 3.05) is 6.61 Å². The number of hydrogen-bond acceptors (Lipinski definition) is 2. The molecule has 1 rings (SSSR count). The van der Waals surface area contributed by atoms with E-state index in [2.05, 4.69) is 13.0 Å². The zero-order chi connectivity index (χ0) is 13.1. The summed E-state index contributed by atoms with van der Waals surface area (Å²) in [6.45, 7) is 10.7. The predicted molar refractivity (Wildman–Crippen MR) is 71.2 cm³/mol. The fourth-order valence-electron chi connectivity index (χ4n) is 2.17. The van der Waals surface area contributed by atoms with E-state index >= 15 is 0 Å². The minimum atomic E-state index is -0.576. The Balaban J connectivity index is 3.05. The molecule has 0 bridgehead atoms. The van der Waals surface area contributed by atoms with Crippen LogP contribution < -0.4 is 0 Å². The highest BCUT2D eigenvalue weighted by Gasteiger charge is 2.33. The summed E-state index contributed by atoms with van der Waals surface area (Å²) >= 11 is 0. The van der Waals surface area contributed by atoms with Crippen molar-refractivity contribution < 1.29 is 9.84 Å². The summed E-state index contributed by atoms with van der Waals surface area (Å²) < 4.78 is 5.73. The molecular formula is C15H24O2. The van der Waals surface area contributed by atoms with Crippen molar-refractivity contribution in [2.45, 2.75) is 52.7 Å². The van der Waals surface area contributed by atoms with Crippen LogP contribution in [0.2, 0.25) is 0 Å². The third-order valence-electron chi connectivity index (χ3n) is 3.47. The number of aliphatic hydroxyl groups is 1. The molecule has 0 saturated carbocycles. The van der Waals surface area contributed by atoms with Gasteiger partial charge in [-0.2, -0.15) is 0 Å². The summed E-state index contributed by atoms with van der Waals surface area (Å²) in [5.41, 5.74) is 2.80. The van der Waals surface area contributed by atoms with Crippen molar-refractivity contribution >= 4 is 0 Å². The Morgan fingerprint density at radius 2 is 1.94 bits per heavy atom. The van der Waals surface area contributed by atoms with Crippen LogP contribution in [0, 0.1) is 13.8 Å². The lowest BCUT2D eigenvalue weighted by molar-refractivity contribution is -0.113. The summed E-state index contributed by atoms with van der Waals surface area (Å²) in [5.74, 6) is 0. The number of rotatable bonds is 5. The van der Waals surface area contributed by atoms with Gasteiger partial charge in [-0.1, -0.05) is 30.7 Å². The molecule has 0 aliphatic rings. The molecule has 0 radical (unpaired) electrons. The molecule has 1 aromatic carbocycles. The molecule has 2 unspecified atom stereocenters. The summed E-state index contributed by atoms with van der Waals surface area (Å²) in [6.07, 6.45) is 0.211. The first-order valence-electron chi connectivity index (χ1n) is 6.33. The lowest BCUT2D eigenvalue weighted by atomic mass is 9.87. The van der Waals surface area contributed by atoms with Crippen molar-refractivity contribution in [1.29, 1.82) is 0 Å². The Bertz CT molecular complexity index is 373. The van der Waals surface area contributed by atoms with Crippen LogP contribution in [-0.2, 0) is 4.74 Å². The normalized spacial score (nSPS) is 16.6. The molecule has 0 spiro atoms. The third kappa shape index (κ3) is 3.08. The maximum Gasteiger partial charge on any atom is 0.108 e. The van der Waals surface area contributed by atoms with E-state index in [1.165, 1.54) is 5.56 Å². The Morgan fingerprint density at radius 1 is 1.29 bits per heavy atom. The first-order valence-corrected chi connectivity index (χ1v) is 6.33. The highest BCUT2D eigenvalue weighted by Crippen LogP contribution is 2.33. The van der Waals surface area contributed by atoms with Gasteiger partial charge in [-0.25, -0.2) is 0 Å². The Hall–Kier alpha value is -0.860. The number of ether oxygens (including phenoxy) is 1. The van der Waals surface area contributed by atoms with E-state index in [4.69, 9.17) is 4.74 Å². The molecular weight excluding hydrogens is 212 g/mol. The Kier molecular flexibility index (Phi) is 4.72. The van der Waals surface area contributed by atoms with Crippen LogP contribution in [0.4, 0.5) is 0 Å². The fourth-order valence-corrected chi connectivity index (χ4v) is 2.17. The first kappa shape index (κ1) is 14.2. The average molecular weight is 236 g/mol. The van der Waals surface area contributed by atoms with Crippen LogP contribution in [0.1, 0.15) is 50.0 Å². The Labute approximate surface area is 105 Å². The standard InChI is InChI=1S/C15H24O2/c1-6-15(5,17-7-2)14(16)13-9-8-11(3)10-12(13)4/h8-10,14,16H,6-7H2,1-5H3. The summed E-state index contributed by atoms with van der Waals surface area (Å²) in [5, 5.41) is 10.5. The second kappa shape index (κ2) is 5.65. The quantitative estimate of drug-likeness (QED) is 0.847. The molecule has 0 heterocycles. The van der Waals surface area contributed by atoms with Crippen molar-refractivity contribution in [3.8, 4) is 0 Å². The van der Waals surface area contributed by atoms with Gasteiger partial charge in [0.2, 0.25) is 0 Å². The minimum Gasteiger partial charge on any atom is -0.385 e. The molecule has 0 amide bonds. The molecule has 0 aliphatic heterocycles. The van der Waals surface area contributed by atoms with E-state index in [-0.39, 0.29) is 0 Å². The SMILES string of the molecule is CCOC(C)(CC)C(O)c1ccc(C)cc1C. The molecule has 1 N–H and O–H groups in total. The molecule has 1 aromatic rings. The molecule has 0 saturated heterocycles. The van der Waals surface area contributed by atoms with Gasteiger partial charge in [0.1, 0.15) is 6.10 Å². The van der Waals surface area contributed by atoms with Gasteiger partial charge in [0.15, 0.2) is 0 Å². The topological polar surface area (TPSA) is 29.5 Å². The van der Waals surface area contributed by atoms with Gasteiger partial charge in [-0.15, -0.1) is 0 Å². The van der Waals surface area contributed by atoms with Gasteiger partial charge in [0.05, 0.1) is 5.60 Å². The Morgan fingerprint density at radius 3 is 2.41 bits per heavy atom. The number of benzene rings is 1. The second-order valence-corrected chi connectivity index (χ2v) is 4.86. The molecule has 0 fully saturated rings. The van der Waals surface area contributed by atoms with Gasteiger partial charge in [-0.3, -0.25) is 0 Å². The van der Waals surface area contributed by atoms with E-state index in [9.17, 15) is 5.11 Å². The number of aliphatic hydroxyl groups excluding tert-OH is 1. The molecule has 0 aromatic heterocycles. The molecule has 2 heteroatoms. The van der Waals surface area contributed by atoms with Crippen LogP contribution >= 0.6 is 0 Å². The van der Waals surface area contributed by atoms with Gasteiger partial charge in [0.25, 0.3) is 0 Å². The largest absolute Gasteiger partial charge is 0.385 e. The molecule has 17 heavy (non-hydrogen) atoms. The molecule has 2 nitrogen and oxygen atoms in total. The van der Waals surface area contributed by atoms with Crippen LogP contribution in [0.5, 0.6) is 0 Å². The summed E-state index contributed by atoms with van der Waals surface area (Å²) in [4.78, 5) is 0. The zero-order valence-electron chi connectivity index (χ0n) is 11.6. The van der Waals surface area contributed by atoms with Gasteiger partial charge in [0, 0.05) is 6.61 Å². The van der Waals surface area contributed by atoms with Crippen LogP contribution in [0.15, 0.2) is 18.2 Å². The number of hydrogen-bond donors (Lipinski definition) is 1. The van der Waals surface area contributed by atoms with Crippen LogP contribution in [0.3, 0.4) is 0 Å². The highest BCUT2D eigenvalue weighted by molar-refractivity contribution is 5.33. The zero-order valence-corrected chi connectivity index (χ0v) is 11.6.